The van der Waals surface area contributed by atoms with Crippen LogP contribution in [0.4, 0.5) is 0 Å². The summed E-state index contributed by atoms with van der Waals surface area (Å²) in [5.41, 5.74) is 0.621. The minimum absolute atomic E-state index is 0.0368. The van der Waals surface area contributed by atoms with Gasteiger partial charge in [0.15, 0.2) is 11.5 Å². The first-order valence-electron chi connectivity index (χ1n) is 6.52. The second-order valence-electron chi connectivity index (χ2n) is 5.96. The van der Waals surface area contributed by atoms with E-state index in [9.17, 15) is 9.90 Å². The number of hydrogen-bond donors (Lipinski definition) is 2. The number of carbonyl (C=O) groups excluding carboxylic acids is 1. The molecule has 112 valence electrons. The zero-order chi connectivity index (χ0) is 15.3. The number of phenolic OH excluding ortho intramolecular Hbond substituents is 1. The van der Waals surface area contributed by atoms with Gasteiger partial charge in [-0.3, -0.25) is 4.79 Å². The maximum Gasteiger partial charge on any atom is 0.251 e. The molecule has 1 atom stereocenters. The van der Waals surface area contributed by atoms with E-state index in [1.807, 2.05) is 0 Å². The molecule has 0 saturated heterocycles. The van der Waals surface area contributed by atoms with Gasteiger partial charge in [0.2, 0.25) is 0 Å². The Morgan fingerprint density at radius 3 is 2.60 bits per heavy atom. The molecule has 1 aromatic rings. The van der Waals surface area contributed by atoms with E-state index in [-0.39, 0.29) is 21.9 Å². The summed E-state index contributed by atoms with van der Waals surface area (Å²) in [6.07, 6.45) is 0.959. The largest absolute Gasteiger partial charge is 0.504 e. The SMILES string of the molecule is COc1ccc(C(=O)NCC(Br)CC(C)(C)C)cc1O. The van der Waals surface area contributed by atoms with Crippen molar-refractivity contribution in [3.63, 3.8) is 0 Å². The number of rotatable bonds is 5. The van der Waals surface area contributed by atoms with Gasteiger partial charge in [0, 0.05) is 16.9 Å². The number of aromatic hydroxyl groups is 1. The van der Waals surface area contributed by atoms with Gasteiger partial charge in [-0.1, -0.05) is 36.7 Å². The van der Waals surface area contributed by atoms with Crippen molar-refractivity contribution in [2.75, 3.05) is 13.7 Å². The maximum absolute atomic E-state index is 12.0. The average molecular weight is 344 g/mol. The summed E-state index contributed by atoms with van der Waals surface area (Å²) in [6, 6.07) is 4.60. The third kappa shape index (κ3) is 5.41. The minimum Gasteiger partial charge on any atom is -0.504 e. The third-order valence-electron chi connectivity index (χ3n) is 2.76. The Hall–Kier alpha value is -1.23. The fraction of sp³-hybridized carbons (Fsp3) is 0.533. The highest BCUT2D eigenvalue weighted by molar-refractivity contribution is 9.09. The standard InChI is InChI=1S/C15H22BrNO3/c1-15(2,3)8-11(16)9-17-14(19)10-5-6-13(20-4)12(18)7-10/h5-7,11,18H,8-9H2,1-4H3,(H,17,19). The van der Waals surface area contributed by atoms with Crippen LogP contribution in [0, 0.1) is 5.41 Å². The molecule has 0 aliphatic heterocycles. The summed E-state index contributed by atoms with van der Waals surface area (Å²) in [5.74, 6) is 0.110. The first-order chi connectivity index (χ1) is 9.23. The van der Waals surface area contributed by atoms with Crippen LogP contribution in [-0.2, 0) is 0 Å². The van der Waals surface area contributed by atoms with Crippen LogP contribution >= 0.6 is 15.9 Å². The van der Waals surface area contributed by atoms with Crippen molar-refractivity contribution in [2.45, 2.75) is 32.0 Å². The van der Waals surface area contributed by atoms with E-state index in [4.69, 9.17) is 4.74 Å². The Labute approximate surface area is 128 Å². The lowest BCUT2D eigenvalue weighted by Crippen LogP contribution is -2.31. The Bertz CT molecular complexity index is 469. The van der Waals surface area contributed by atoms with Crippen molar-refractivity contribution >= 4 is 21.8 Å². The number of ether oxygens (including phenoxy) is 1. The van der Waals surface area contributed by atoms with Gasteiger partial charge in [0.1, 0.15) is 0 Å². The van der Waals surface area contributed by atoms with Crippen molar-refractivity contribution in [3.8, 4) is 11.5 Å². The smallest absolute Gasteiger partial charge is 0.251 e. The van der Waals surface area contributed by atoms with Gasteiger partial charge < -0.3 is 15.2 Å². The first-order valence-corrected chi connectivity index (χ1v) is 7.44. The first kappa shape index (κ1) is 16.8. The van der Waals surface area contributed by atoms with E-state index in [0.29, 0.717) is 17.9 Å². The van der Waals surface area contributed by atoms with Crippen molar-refractivity contribution in [1.82, 2.24) is 5.32 Å². The number of carbonyl (C=O) groups is 1. The molecule has 2 N–H and O–H groups in total. The van der Waals surface area contributed by atoms with Crippen LogP contribution in [0.25, 0.3) is 0 Å². The molecule has 1 rings (SSSR count). The molecule has 0 aromatic heterocycles. The molecular formula is C15H22BrNO3. The second-order valence-corrected chi connectivity index (χ2v) is 7.25. The molecule has 0 spiro atoms. The van der Waals surface area contributed by atoms with Gasteiger partial charge in [-0.2, -0.15) is 0 Å². The van der Waals surface area contributed by atoms with Crippen LogP contribution in [-0.4, -0.2) is 29.5 Å². The molecule has 20 heavy (non-hydrogen) atoms. The van der Waals surface area contributed by atoms with Crippen LogP contribution in [0.5, 0.6) is 11.5 Å². The maximum atomic E-state index is 12.0. The van der Waals surface area contributed by atoms with Crippen LogP contribution in [0.15, 0.2) is 18.2 Å². The zero-order valence-corrected chi connectivity index (χ0v) is 14.0. The molecule has 0 aliphatic rings. The summed E-state index contributed by atoms with van der Waals surface area (Å²) in [5, 5.41) is 12.5. The summed E-state index contributed by atoms with van der Waals surface area (Å²) in [6.45, 7) is 7.02. The van der Waals surface area contributed by atoms with Crippen LogP contribution < -0.4 is 10.1 Å². The quantitative estimate of drug-likeness (QED) is 0.806. The minimum atomic E-state index is -0.207. The number of halogens is 1. The molecule has 1 unspecified atom stereocenters. The lowest BCUT2D eigenvalue weighted by Gasteiger charge is -2.22. The number of hydrogen-bond acceptors (Lipinski definition) is 3. The summed E-state index contributed by atoms with van der Waals surface area (Å²) in [7, 11) is 1.47. The number of nitrogens with one attached hydrogen (secondary N) is 1. The molecule has 0 radical (unpaired) electrons. The molecular weight excluding hydrogens is 322 g/mol. The van der Waals surface area contributed by atoms with Crippen molar-refractivity contribution in [1.29, 1.82) is 0 Å². The van der Waals surface area contributed by atoms with Crippen molar-refractivity contribution in [2.24, 2.45) is 5.41 Å². The van der Waals surface area contributed by atoms with Gasteiger partial charge >= 0.3 is 0 Å². The average Bonchev–Trinajstić information content (AvgIpc) is 2.33. The van der Waals surface area contributed by atoms with Crippen LogP contribution in [0.2, 0.25) is 0 Å². The van der Waals surface area contributed by atoms with Crippen molar-refractivity contribution < 1.29 is 14.6 Å². The number of phenols is 1. The van der Waals surface area contributed by atoms with E-state index in [2.05, 4.69) is 42.0 Å². The molecule has 1 amide bonds. The zero-order valence-electron chi connectivity index (χ0n) is 12.4. The topological polar surface area (TPSA) is 58.6 Å². The van der Waals surface area contributed by atoms with Gasteiger partial charge in [-0.25, -0.2) is 0 Å². The number of amides is 1. The Morgan fingerprint density at radius 1 is 1.45 bits per heavy atom. The molecule has 0 bridgehead atoms. The second kappa shape index (κ2) is 6.97. The number of benzene rings is 1. The van der Waals surface area contributed by atoms with Crippen LogP contribution in [0.3, 0.4) is 0 Å². The molecule has 0 aliphatic carbocycles. The fourth-order valence-corrected chi connectivity index (χ4v) is 3.01. The van der Waals surface area contributed by atoms with E-state index >= 15 is 0 Å². The lowest BCUT2D eigenvalue weighted by atomic mass is 9.90. The monoisotopic (exact) mass is 343 g/mol. The Kier molecular flexibility index (Phi) is 5.87. The summed E-state index contributed by atoms with van der Waals surface area (Å²) < 4.78 is 4.94. The van der Waals surface area contributed by atoms with E-state index in [1.54, 1.807) is 12.1 Å². The summed E-state index contributed by atoms with van der Waals surface area (Å²) >= 11 is 3.57. The summed E-state index contributed by atoms with van der Waals surface area (Å²) in [4.78, 5) is 12.2. The molecule has 0 fully saturated rings. The predicted molar refractivity (Wildman–Crippen MR) is 83.8 cm³/mol. The third-order valence-corrected chi connectivity index (χ3v) is 3.41. The molecule has 5 heteroatoms. The van der Waals surface area contributed by atoms with Gasteiger partial charge in [0.25, 0.3) is 5.91 Å². The highest BCUT2D eigenvalue weighted by Gasteiger charge is 2.17. The lowest BCUT2D eigenvalue weighted by molar-refractivity contribution is 0.0952. The van der Waals surface area contributed by atoms with E-state index in [1.165, 1.54) is 13.2 Å². The molecule has 4 nitrogen and oxygen atoms in total. The number of alkyl halides is 1. The van der Waals surface area contributed by atoms with Crippen LogP contribution in [0.1, 0.15) is 37.6 Å². The highest BCUT2D eigenvalue weighted by Crippen LogP contribution is 2.26. The molecule has 0 saturated carbocycles. The fourth-order valence-electron chi connectivity index (χ4n) is 1.87. The molecule has 0 heterocycles. The van der Waals surface area contributed by atoms with Gasteiger partial charge in [0.05, 0.1) is 7.11 Å². The Morgan fingerprint density at radius 2 is 2.10 bits per heavy atom. The highest BCUT2D eigenvalue weighted by atomic mass is 79.9. The van der Waals surface area contributed by atoms with Gasteiger partial charge in [-0.05, 0) is 30.0 Å². The van der Waals surface area contributed by atoms with Gasteiger partial charge in [-0.15, -0.1) is 0 Å². The van der Waals surface area contributed by atoms with E-state index < -0.39 is 0 Å². The predicted octanol–water partition coefficient (Wildman–Crippen LogP) is 3.33. The Balaban J connectivity index is 2.57. The van der Waals surface area contributed by atoms with Crippen molar-refractivity contribution in [3.05, 3.63) is 23.8 Å². The van der Waals surface area contributed by atoms with E-state index in [0.717, 1.165) is 6.42 Å². The molecule has 1 aromatic carbocycles. The normalized spacial score (nSPS) is 12.8. The number of methoxy groups -OCH3 is 1.